The topological polar surface area (TPSA) is 204 Å². The third kappa shape index (κ3) is 13.2. The number of aromatic nitrogens is 2. The molecular weight excluding hydrogens is 950 g/mol. The van der Waals surface area contributed by atoms with E-state index >= 15 is 0 Å². The molecule has 3 aliphatic rings. The molecule has 2 aromatic carbocycles. The summed E-state index contributed by atoms with van der Waals surface area (Å²) >= 11 is 2.86. The third-order valence-electron chi connectivity index (χ3n) is 12.6. The summed E-state index contributed by atoms with van der Waals surface area (Å²) in [5.74, 6) is -5.63. The van der Waals surface area contributed by atoms with Gasteiger partial charge in [-0.1, -0.05) is 57.9 Å². The predicted molar refractivity (Wildman–Crippen MR) is 259 cm³/mol. The summed E-state index contributed by atoms with van der Waals surface area (Å²) in [4.78, 5) is 80.3. The van der Waals surface area contributed by atoms with Crippen molar-refractivity contribution in [1.82, 2.24) is 36.1 Å². The molecule has 3 fully saturated rings. The highest BCUT2D eigenvalue weighted by Gasteiger charge is 2.53. The number of anilines is 1. The molecule has 2 aliphatic heterocycles. The number of carbonyl (C=O) groups is 5. The summed E-state index contributed by atoms with van der Waals surface area (Å²) in [6, 6.07) is 6.67. The van der Waals surface area contributed by atoms with Crippen LogP contribution in [0.15, 0.2) is 47.3 Å². The number of likely N-dealkylation sites (tertiary alicyclic amines) is 1. The van der Waals surface area contributed by atoms with Crippen molar-refractivity contribution >= 4 is 57.3 Å². The van der Waals surface area contributed by atoms with Gasteiger partial charge in [-0.2, -0.15) is 4.39 Å². The maximum atomic E-state index is 15.0. The molecule has 4 aromatic rings. The second-order valence-corrected chi connectivity index (χ2v) is 20.7. The van der Waals surface area contributed by atoms with Crippen molar-refractivity contribution in [2.24, 2.45) is 5.41 Å². The number of halogens is 3. The number of thiazole rings is 2. The van der Waals surface area contributed by atoms with Crippen LogP contribution in [-0.4, -0.2) is 126 Å². The lowest BCUT2D eigenvalue weighted by Crippen LogP contribution is -2.59. The molecule has 0 spiro atoms. The molecule has 1 saturated carbocycles. The molecule has 7 rings (SSSR count). The second kappa shape index (κ2) is 23.1. The Bertz CT molecular complexity index is 2490. The molecule has 5 N–H and O–H groups in total. The van der Waals surface area contributed by atoms with Gasteiger partial charge in [0.25, 0.3) is 11.8 Å². The molecule has 21 heteroatoms. The number of amides is 5. The van der Waals surface area contributed by atoms with E-state index < -0.39 is 82.9 Å². The second-order valence-electron chi connectivity index (χ2n) is 19.0. The molecular formula is C49H61F3N8O8S2. The zero-order valence-corrected chi connectivity index (χ0v) is 41.4. The molecule has 5 amide bonds. The molecule has 1 aliphatic carbocycles. The van der Waals surface area contributed by atoms with Gasteiger partial charge in [0, 0.05) is 50.1 Å². The molecule has 2 unspecified atom stereocenters. The number of carbonyl (C=O) groups excluding carboxylic acids is 5. The zero-order valence-electron chi connectivity index (χ0n) is 39.8. The number of aliphatic hydroxyl groups is 1. The number of aliphatic hydroxyl groups excluding tert-OH is 1. The number of rotatable bonds is 21. The van der Waals surface area contributed by atoms with Crippen LogP contribution in [0.5, 0.6) is 5.75 Å². The lowest BCUT2D eigenvalue weighted by atomic mass is 9.85. The van der Waals surface area contributed by atoms with Gasteiger partial charge in [0.15, 0.2) is 29.0 Å². The SMILES string of the molecule is Cc1ncsc1-c1ccc(C(CC(=O)NCCCCCCNC(=O)COc2c(-c3csc(N4CCOCC4)n3)ccc(F)c2F)NC(=O)C2C[C@@H](O)CN2C(=O)[C@@H](NC(=O)C2(F)CC2)C(C)(C)C)cc1. The number of benzene rings is 2. The van der Waals surface area contributed by atoms with Crippen LogP contribution in [0.4, 0.5) is 18.3 Å². The fraction of sp³-hybridized carbons (Fsp3) is 0.531. The first-order valence-corrected chi connectivity index (χ1v) is 25.4. The molecule has 4 heterocycles. The van der Waals surface area contributed by atoms with E-state index in [0.717, 1.165) is 40.2 Å². The van der Waals surface area contributed by atoms with E-state index in [2.05, 4.69) is 36.1 Å². The van der Waals surface area contributed by atoms with E-state index in [0.29, 0.717) is 63.5 Å². The molecule has 378 valence electrons. The average Bonchev–Trinajstić information content (AvgIpc) is 3.64. The number of aryl methyl sites for hydroxylation is 1. The summed E-state index contributed by atoms with van der Waals surface area (Å²) in [5.41, 5.74) is 1.93. The van der Waals surface area contributed by atoms with Crippen LogP contribution in [0.1, 0.15) is 89.4 Å². The van der Waals surface area contributed by atoms with Gasteiger partial charge in [-0.15, -0.1) is 22.7 Å². The number of ether oxygens (including phenoxy) is 2. The van der Waals surface area contributed by atoms with Gasteiger partial charge in [-0.3, -0.25) is 24.0 Å². The quantitative estimate of drug-likeness (QED) is 0.0634. The first-order chi connectivity index (χ1) is 33.4. The fourth-order valence-corrected chi connectivity index (χ4v) is 10.0. The van der Waals surface area contributed by atoms with Crippen LogP contribution < -0.4 is 30.9 Å². The minimum absolute atomic E-state index is 0.0665. The maximum absolute atomic E-state index is 15.0. The van der Waals surface area contributed by atoms with E-state index in [1.807, 2.05) is 31.2 Å². The highest BCUT2D eigenvalue weighted by molar-refractivity contribution is 7.14. The Kier molecular flexibility index (Phi) is 17.2. The minimum atomic E-state index is -2.02. The summed E-state index contributed by atoms with van der Waals surface area (Å²) in [7, 11) is 0. The average molecular weight is 1010 g/mol. The van der Waals surface area contributed by atoms with E-state index in [4.69, 9.17) is 9.47 Å². The Morgan fingerprint density at radius 3 is 2.27 bits per heavy atom. The van der Waals surface area contributed by atoms with E-state index in [1.165, 1.54) is 33.6 Å². The van der Waals surface area contributed by atoms with E-state index in [9.17, 15) is 42.3 Å². The standard InChI is InChI=1S/C49H61F3N8O8S2/c1-29-42(70-28-55-29)31-11-9-30(10-12-31)35(56-44(64)37-23-32(61)25-60(37)45(65)43(48(2,3)4)58-46(66)49(52)15-16-49)24-38(62)53-17-7-5-6-8-18-54-39(63)26-68-41-33(13-14-34(50)40(41)51)36-27-69-47(57-36)59-19-21-67-22-20-59/h9-14,27-28,32,35,37,43,61H,5-8,15-26H2,1-4H3,(H,53,62)(H,54,63)(H,56,64)(H,58,66)/t32-,35?,37?,43-/m1/s1. The van der Waals surface area contributed by atoms with Crippen LogP contribution in [-0.2, 0) is 28.7 Å². The van der Waals surface area contributed by atoms with Crippen LogP contribution in [0.25, 0.3) is 21.7 Å². The molecule has 16 nitrogen and oxygen atoms in total. The Morgan fingerprint density at radius 2 is 1.63 bits per heavy atom. The number of morpholine rings is 1. The number of alkyl halides is 1. The summed E-state index contributed by atoms with van der Waals surface area (Å²) < 4.78 is 54.9. The molecule has 70 heavy (non-hydrogen) atoms. The number of hydrogen-bond acceptors (Lipinski definition) is 13. The number of nitrogens with zero attached hydrogens (tertiary/aromatic N) is 4. The van der Waals surface area contributed by atoms with Gasteiger partial charge >= 0.3 is 0 Å². The van der Waals surface area contributed by atoms with E-state index in [-0.39, 0.29) is 43.7 Å². The first kappa shape index (κ1) is 52.2. The summed E-state index contributed by atoms with van der Waals surface area (Å²) in [6.07, 6.45) is 1.57. The van der Waals surface area contributed by atoms with Crippen molar-refractivity contribution in [2.45, 2.75) is 109 Å². The van der Waals surface area contributed by atoms with Gasteiger partial charge in [-0.25, -0.2) is 18.7 Å². The van der Waals surface area contributed by atoms with Gasteiger partial charge in [0.05, 0.1) is 53.6 Å². The smallest absolute Gasteiger partial charge is 0.258 e. The third-order valence-corrected chi connectivity index (χ3v) is 14.4. The first-order valence-electron chi connectivity index (χ1n) is 23.6. The Labute approximate surface area is 413 Å². The monoisotopic (exact) mass is 1010 g/mol. The minimum Gasteiger partial charge on any atom is -0.480 e. The van der Waals surface area contributed by atoms with Crippen molar-refractivity contribution in [3.05, 3.63) is 70.2 Å². The Balaban J connectivity index is 0.886. The number of β-amino-alcohol motifs (C(OH)–C–C–N with tert-alkyl or cyclic N) is 1. The highest BCUT2D eigenvalue weighted by Crippen LogP contribution is 2.41. The predicted octanol–water partition coefficient (Wildman–Crippen LogP) is 5.77. The number of unbranched alkanes of at least 4 members (excludes halogenated alkanes) is 3. The van der Waals surface area contributed by atoms with Gasteiger partial charge in [0.1, 0.15) is 12.1 Å². The van der Waals surface area contributed by atoms with Gasteiger partial charge in [-0.05, 0) is 61.3 Å². The fourth-order valence-electron chi connectivity index (χ4n) is 8.35. The summed E-state index contributed by atoms with van der Waals surface area (Å²) in [5, 5.41) is 24.4. The van der Waals surface area contributed by atoms with Crippen molar-refractivity contribution in [2.75, 3.05) is 57.4 Å². The van der Waals surface area contributed by atoms with Crippen molar-refractivity contribution in [1.29, 1.82) is 0 Å². The molecule has 2 aromatic heterocycles. The van der Waals surface area contributed by atoms with Crippen LogP contribution >= 0.6 is 22.7 Å². The summed E-state index contributed by atoms with van der Waals surface area (Å²) in [6.45, 7) is 9.50. The van der Waals surface area contributed by atoms with E-state index in [1.54, 1.807) is 31.7 Å². The molecule has 2 saturated heterocycles. The lowest BCUT2D eigenvalue weighted by molar-refractivity contribution is -0.145. The number of nitrogens with one attached hydrogen (secondary N) is 4. The van der Waals surface area contributed by atoms with Gasteiger partial charge in [0.2, 0.25) is 23.5 Å². The normalized spacial score (nSPS) is 18.5. The highest BCUT2D eigenvalue weighted by atomic mass is 32.1. The van der Waals surface area contributed by atoms with Crippen LogP contribution in [0.3, 0.4) is 0 Å². The Morgan fingerprint density at radius 1 is 0.943 bits per heavy atom. The molecule has 0 bridgehead atoms. The van der Waals surface area contributed by atoms with Gasteiger partial charge < -0.3 is 45.6 Å². The van der Waals surface area contributed by atoms with Crippen molar-refractivity contribution in [3.63, 3.8) is 0 Å². The molecule has 0 radical (unpaired) electrons. The Hall–Kier alpha value is -5.64. The lowest BCUT2D eigenvalue weighted by Gasteiger charge is -2.36. The zero-order chi connectivity index (χ0) is 50.2. The largest absolute Gasteiger partial charge is 0.480 e. The van der Waals surface area contributed by atoms with Crippen molar-refractivity contribution < 1.29 is 51.7 Å². The van der Waals surface area contributed by atoms with Crippen LogP contribution in [0, 0.1) is 24.0 Å². The molecule has 4 atom stereocenters. The maximum Gasteiger partial charge on any atom is 0.258 e. The van der Waals surface area contributed by atoms with Crippen molar-refractivity contribution in [3.8, 4) is 27.4 Å². The van der Waals surface area contributed by atoms with Crippen LogP contribution in [0.2, 0.25) is 0 Å². The number of hydrogen-bond donors (Lipinski definition) is 5.